The highest BCUT2D eigenvalue weighted by Gasteiger charge is 2.23. The summed E-state index contributed by atoms with van der Waals surface area (Å²) in [6, 6.07) is 2.09. The van der Waals surface area contributed by atoms with Crippen molar-refractivity contribution in [3.05, 3.63) is 27.7 Å². The molecule has 1 rings (SSSR count). The zero-order chi connectivity index (χ0) is 16.2. The fraction of sp³-hybridized carbons (Fsp3) is 0.429. The van der Waals surface area contributed by atoms with Crippen LogP contribution < -0.4 is 11.1 Å². The average molecular weight is 333 g/mol. The van der Waals surface area contributed by atoms with Crippen LogP contribution in [0.15, 0.2) is 12.1 Å². The van der Waals surface area contributed by atoms with Crippen molar-refractivity contribution in [2.24, 2.45) is 5.92 Å². The van der Waals surface area contributed by atoms with Crippen molar-refractivity contribution in [2.75, 3.05) is 12.8 Å². The Morgan fingerprint density at radius 2 is 1.95 bits per heavy atom. The number of rotatable bonds is 5. The second kappa shape index (κ2) is 7.52. The molecule has 1 unspecified atom stereocenters. The van der Waals surface area contributed by atoms with Gasteiger partial charge in [0, 0.05) is 5.56 Å². The third kappa shape index (κ3) is 4.79. The van der Waals surface area contributed by atoms with Crippen LogP contribution in [0.2, 0.25) is 10.0 Å². The lowest BCUT2D eigenvalue weighted by Gasteiger charge is -2.18. The number of anilines is 1. The molecule has 0 saturated carbocycles. The molecule has 116 valence electrons. The van der Waals surface area contributed by atoms with Crippen LogP contribution in [0, 0.1) is 5.92 Å². The van der Waals surface area contributed by atoms with Gasteiger partial charge in [-0.25, -0.2) is 4.79 Å². The zero-order valence-corrected chi connectivity index (χ0v) is 13.6. The second-order valence-corrected chi connectivity index (χ2v) is 5.83. The molecule has 7 heteroatoms. The normalized spacial score (nSPS) is 12.1. The van der Waals surface area contributed by atoms with Crippen LogP contribution in [0.4, 0.5) is 5.69 Å². The fourth-order valence-corrected chi connectivity index (χ4v) is 2.15. The summed E-state index contributed by atoms with van der Waals surface area (Å²) in [5, 5.41) is 2.99. The number of ether oxygens (including phenoxy) is 1. The van der Waals surface area contributed by atoms with Crippen molar-refractivity contribution in [1.82, 2.24) is 5.32 Å². The highest BCUT2D eigenvalue weighted by molar-refractivity contribution is 6.43. The van der Waals surface area contributed by atoms with Crippen LogP contribution in [0.5, 0.6) is 0 Å². The Bertz CT molecular complexity index is 524. The maximum Gasteiger partial charge on any atom is 0.328 e. The first kappa shape index (κ1) is 17.6. The van der Waals surface area contributed by atoms with Crippen LogP contribution in [0.3, 0.4) is 0 Å². The van der Waals surface area contributed by atoms with E-state index in [0.29, 0.717) is 6.42 Å². The lowest BCUT2D eigenvalue weighted by atomic mass is 10.0. The molecule has 0 radical (unpaired) electrons. The Morgan fingerprint density at radius 1 is 1.33 bits per heavy atom. The number of esters is 1. The molecule has 21 heavy (non-hydrogen) atoms. The predicted octanol–water partition coefficient (Wildman–Crippen LogP) is 2.89. The topological polar surface area (TPSA) is 81.4 Å². The third-order valence-electron chi connectivity index (χ3n) is 2.82. The minimum atomic E-state index is -0.724. The Labute approximate surface area is 133 Å². The largest absolute Gasteiger partial charge is 0.467 e. The Morgan fingerprint density at radius 3 is 2.43 bits per heavy atom. The van der Waals surface area contributed by atoms with Gasteiger partial charge < -0.3 is 15.8 Å². The monoisotopic (exact) mass is 332 g/mol. The van der Waals surface area contributed by atoms with Gasteiger partial charge in [0.25, 0.3) is 5.91 Å². The van der Waals surface area contributed by atoms with Gasteiger partial charge in [-0.3, -0.25) is 4.79 Å². The van der Waals surface area contributed by atoms with E-state index in [0.717, 1.165) is 0 Å². The van der Waals surface area contributed by atoms with Crippen LogP contribution >= 0.6 is 23.2 Å². The second-order valence-electron chi connectivity index (χ2n) is 5.04. The molecule has 0 spiro atoms. The lowest BCUT2D eigenvalue weighted by Crippen LogP contribution is -2.42. The number of amides is 1. The van der Waals surface area contributed by atoms with Gasteiger partial charge in [-0.15, -0.1) is 0 Å². The quantitative estimate of drug-likeness (QED) is 0.641. The van der Waals surface area contributed by atoms with Crippen LogP contribution in [0.1, 0.15) is 30.6 Å². The van der Waals surface area contributed by atoms with E-state index in [1.807, 2.05) is 13.8 Å². The summed E-state index contributed by atoms with van der Waals surface area (Å²) in [6.45, 7) is 3.89. The molecule has 0 aromatic heterocycles. The first-order valence-corrected chi connectivity index (χ1v) is 7.15. The number of nitrogens with two attached hydrogens (primary N) is 1. The number of methoxy groups -OCH3 is 1. The van der Waals surface area contributed by atoms with E-state index in [-0.39, 0.29) is 27.2 Å². The van der Waals surface area contributed by atoms with Gasteiger partial charge in [0.05, 0.1) is 22.8 Å². The highest BCUT2D eigenvalue weighted by atomic mass is 35.5. The van der Waals surface area contributed by atoms with Gasteiger partial charge in [0.1, 0.15) is 6.04 Å². The predicted molar refractivity (Wildman–Crippen MR) is 83.6 cm³/mol. The minimum absolute atomic E-state index is 0.181. The molecule has 0 bridgehead atoms. The van der Waals surface area contributed by atoms with Crippen molar-refractivity contribution in [2.45, 2.75) is 26.3 Å². The number of carbonyl (C=O) groups excluding carboxylic acids is 2. The van der Waals surface area contributed by atoms with E-state index in [1.54, 1.807) is 0 Å². The maximum atomic E-state index is 12.2. The number of hydrogen-bond donors (Lipinski definition) is 2. The van der Waals surface area contributed by atoms with Gasteiger partial charge in [-0.2, -0.15) is 0 Å². The third-order valence-corrected chi connectivity index (χ3v) is 3.63. The summed E-state index contributed by atoms with van der Waals surface area (Å²) in [5.41, 5.74) is 6.11. The van der Waals surface area contributed by atoms with Crippen LogP contribution in [-0.2, 0) is 9.53 Å². The Hall–Kier alpha value is -1.46. The van der Waals surface area contributed by atoms with Crippen LogP contribution in [-0.4, -0.2) is 25.0 Å². The standard InChI is InChI=1S/C14H18Cl2N2O3/c1-7(2)4-11(14(20)21-3)18-13(19)8-5-9(15)12(16)10(17)6-8/h5-7,11H,4,17H2,1-3H3,(H,18,19). The molecule has 1 atom stereocenters. The molecule has 1 aromatic carbocycles. The maximum absolute atomic E-state index is 12.2. The lowest BCUT2D eigenvalue weighted by molar-refractivity contribution is -0.143. The van der Waals surface area contributed by atoms with Gasteiger partial charge in [0.15, 0.2) is 0 Å². The van der Waals surface area contributed by atoms with E-state index in [4.69, 9.17) is 33.7 Å². The summed E-state index contributed by atoms with van der Waals surface area (Å²) < 4.78 is 4.69. The number of halogens is 2. The molecule has 1 amide bonds. The van der Waals surface area contributed by atoms with Crippen LogP contribution in [0.25, 0.3) is 0 Å². The smallest absolute Gasteiger partial charge is 0.328 e. The molecule has 0 fully saturated rings. The molecule has 1 aromatic rings. The van der Waals surface area contributed by atoms with E-state index in [2.05, 4.69) is 5.32 Å². The van der Waals surface area contributed by atoms with Gasteiger partial charge in [-0.1, -0.05) is 37.0 Å². The number of carbonyl (C=O) groups is 2. The summed E-state index contributed by atoms with van der Waals surface area (Å²) >= 11 is 11.7. The highest BCUT2D eigenvalue weighted by Crippen LogP contribution is 2.29. The number of nitrogen functional groups attached to an aromatic ring is 1. The Balaban J connectivity index is 2.94. The first-order valence-electron chi connectivity index (χ1n) is 6.39. The molecule has 0 saturated heterocycles. The van der Waals surface area contributed by atoms with E-state index in [9.17, 15) is 9.59 Å². The van der Waals surface area contributed by atoms with Crippen molar-refractivity contribution >= 4 is 40.8 Å². The molecule has 0 aliphatic rings. The molecule has 0 heterocycles. The average Bonchev–Trinajstić information content (AvgIpc) is 2.41. The van der Waals surface area contributed by atoms with Crippen molar-refractivity contribution < 1.29 is 14.3 Å². The molecule has 0 aliphatic carbocycles. The number of nitrogens with one attached hydrogen (secondary N) is 1. The van der Waals surface area contributed by atoms with Crippen molar-refractivity contribution in [1.29, 1.82) is 0 Å². The molecular formula is C14H18Cl2N2O3. The summed E-state index contributed by atoms with van der Waals surface area (Å²) in [4.78, 5) is 23.9. The molecule has 5 nitrogen and oxygen atoms in total. The SMILES string of the molecule is COC(=O)C(CC(C)C)NC(=O)c1cc(N)c(Cl)c(Cl)c1. The van der Waals surface area contributed by atoms with Crippen molar-refractivity contribution in [3.63, 3.8) is 0 Å². The van der Waals surface area contributed by atoms with E-state index < -0.39 is 17.9 Å². The van der Waals surface area contributed by atoms with E-state index in [1.165, 1.54) is 19.2 Å². The zero-order valence-electron chi connectivity index (χ0n) is 12.1. The number of hydrogen-bond acceptors (Lipinski definition) is 4. The first-order chi connectivity index (χ1) is 9.76. The van der Waals surface area contributed by atoms with Gasteiger partial charge in [-0.05, 0) is 24.5 Å². The molecule has 3 N–H and O–H groups in total. The van der Waals surface area contributed by atoms with Gasteiger partial charge >= 0.3 is 5.97 Å². The minimum Gasteiger partial charge on any atom is -0.467 e. The molecule has 0 aliphatic heterocycles. The summed E-state index contributed by atoms with van der Waals surface area (Å²) in [6.07, 6.45) is 0.467. The molecular weight excluding hydrogens is 315 g/mol. The summed E-state index contributed by atoms with van der Waals surface area (Å²) in [5.74, 6) is -0.741. The fourth-order valence-electron chi connectivity index (χ4n) is 1.81. The van der Waals surface area contributed by atoms with Crippen molar-refractivity contribution in [3.8, 4) is 0 Å². The Kier molecular flexibility index (Phi) is 6.30. The van der Waals surface area contributed by atoms with E-state index >= 15 is 0 Å². The summed E-state index contributed by atoms with van der Waals surface area (Å²) in [7, 11) is 1.28. The number of benzene rings is 1. The van der Waals surface area contributed by atoms with Gasteiger partial charge in [0.2, 0.25) is 0 Å².